The number of rotatable bonds is 5. The molecular weight excluding hydrogens is 296 g/mol. The molecule has 2 N–H and O–H groups in total. The molecule has 1 aromatic carbocycles. The summed E-state index contributed by atoms with van der Waals surface area (Å²) in [5.74, 6) is 0.694. The number of benzene rings is 1. The summed E-state index contributed by atoms with van der Waals surface area (Å²) >= 11 is 0. The van der Waals surface area contributed by atoms with Crippen LogP contribution in [-0.4, -0.2) is 28.8 Å². The van der Waals surface area contributed by atoms with Crippen LogP contribution in [-0.2, 0) is 5.54 Å². The first-order chi connectivity index (χ1) is 11.1. The van der Waals surface area contributed by atoms with Gasteiger partial charge in [0, 0.05) is 17.5 Å². The van der Waals surface area contributed by atoms with Gasteiger partial charge in [-0.2, -0.15) is 0 Å². The minimum atomic E-state index is -1.25. The summed E-state index contributed by atoms with van der Waals surface area (Å²) in [4.78, 5) is 19.3. The number of para-hydroxylation sites is 1. The van der Waals surface area contributed by atoms with Crippen molar-refractivity contribution in [1.82, 2.24) is 4.98 Å². The molecule has 0 fully saturated rings. The van der Waals surface area contributed by atoms with Gasteiger partial charge < -0.3 is 10.5 Å². The van der Waals surface area contributed by atoms with E-state index in [0.29, 0.717) is 17.1 Å². The summed E-state index contributed by atoms with van der Waals surface area (Å²) in [7, 11) is 0. The van der Waals surface area contributed by atoms with Gasteiger partial charge in [0.15, 0.2) is 0 Å². The average Bonchev–Trinajstić information content (AvgIpc) is 2.56. The van der Waals surface area contributed by atoms with Crippen LogP contribution in [0, 0.1) is 10.1 Å². The van der Waals surface area contributed by atoms with Crippen LogP contribution in [0.2, 0.25) is 0 Å². The Hall–Kier alpha value is -2.80. The van der Waals surface area contributed by atoms with Crippen LogP contribution in [0.15, 0.2) is 53.7 Å². The Bertz CT molecular complexity index is 735. The maximum atomic E-state index is 11.4. The van der Waals surface area contributed by atoms with Crippen LogP contribution in [0.1, 0.15) is 12.1 Å². The van der Waals surface area contributed by atoms with Crippen molar-refractivity contribution >= 4 is 11.9 Å². The molecular formula is C16H16N4O3. The molecule has 1 aliphatic heterocycles. The lowest BCUT2D eigenvalue weighted by Gasteiger charge is -2.32. The van der Waals surface area contributed by atoms with E-state index in [0.717, 1.165) is 0 Å². The van der Waals surface area contributed by atoms with Gasteiger partial charge in [-0.25, -0.2) is 0 Å². The first kappa shape index (κ1) is 15.1. The smallest absolute Gasteiger partial charge is 0.271 e. The molecule has 2 atom stereocenters. The molecule has 0 aliphatic carbocycles. The molecule has 0 bridgehead atoms. The normalized spacial score (nSPS) is 22.4. The maximum absolute atomic E-state index is 11.4. The second-order valence-corrected chi connectivity index (χ2v) is 5.33. The van der Waals surface area contributed by atoms with Crippen molar-refractivity contribution in [2.45, 2.75) is 18.0 Å². The lowest BCUT2D eigenvalue weighted by atomic mass is 9.82. The van der Waals surface area contributed by atoms with Gasteiger partial charge in [-0.3, -0.25) is 20.1 Å². The molecule has 0 radical (unpaired) electrons. The van der Waals surface area contributed by atoms with E-state index < -0.39 is 16.5 Å². The Labute approximate surface area is 133 Å². The van der Waals surface area contributed by atoms with Crippen molar-refractivity contribution in [3.8, 4) is 5.75 Å². The van der Waals surface area contributed by atoms with Gasteiger partial charge in [-0.1, -0.05) is 18.2 Å². The molecule has 23 heavy (non-hydrogen) atoms. The number of nitrogens with zero attached hydrogens (tertiary/aromatic N) is 3. The Balaban J connectivity index is 1.83. The minimum Gasteiger partial charge on any atom is -0.494 e. The highest BCUT2D eigenvalue weighted by atomic mass is 16.6. The molecule has 0 saturated carbocycles. The van der Waals surface area contributed by atoms with E-state index in [1.807, 2.05) is 30.3 Å². The molecule has 2 aromatic rings. The van der Waals surface area contributed by atoms with E-state index in [1.165, 1.54) is 6.21 Å². The van der Waals surface area contributed by atoms with Crippen LogP contribution >= 0.6 is 0 Å². The lowest BCUT2D eigenvalue weighted by Crippen LogP contribution is -2.55. The maximum Gasteiger partial charge on any atom is 0.271 e. The Kier molecular flexibility index (Phi) is 4.03. The number of aromatic nitrogens is 1. The van der Waals surface area contributed by atoms with Gasteiger partial charge in [0.2, 0.25) is 0 Å². The number of ether oxygens (including phenoxy) is 1. The van der Waals surface area contributed by atoms with Crippen molar-refractivity contribution in [2.75, 3.05) is 6.61 Å². The van der Waals surface area contributed by atoms with Crippen molar-refractivity contribution < 1.29 is 9.66 Å². The van der Waals surface area contributed by atoms with E-state index in [1.54, 1.807) is 18.3 Å². The van der Waals surface area contributed by atoms with Crippen LogP contribution in [0.4, 0.5) is 5.69 Å². The first-order valence-corrected chi connectivity index (χ1v) is 7.21. The van der Waals surface area contributed by atoms with E-state index in [9.17, 15) is 10.1 Å². The van der Waals surface area contributed by atoms with Gasteiger partial charge >= 0.3 is 0 Å². The molecule has 2 unspecified atom stereocenters. The second kappa shape index (κ2) is 6.13. The van der Waals surface area contributed by atoms with Gasteiger partial charge in [0.25, 0.3) is 6.04 Å². The molecule has 1 aliphatic rings. The fourth-order valence-corrected chi connectivity index (χ4v) is 2.65. The summed E-state index contributed by atoms with van der Waals surface area (Å²) < 4.78 is 5.64. The molecule has 2 heterocycles. The number of pyridine rings is 1. The highest BCUT2D eigenvalue weighted by molar-refractivity contribution is 5.74. The third kappa shape index (κ3) is 2.91. The number of aliphatic imine (C=N–C) groups is 1. The van der Waals surface area contributed by atoms with E-state index >= 15 is 0 Å². The molecule has 7 heteroatoms. The van der Waals surface area contributed by atoms with Crippen molar-refractivity contribution in [3.63, 3.8) is 0 Å². The number of hydrogen-bond acceptors (Lipinski definition) is 6. The Morgan fingerprint density at radius 3 is 2.78 bits per heavy atom. The van der Waals surface area contributed by atoms with Gasteiger partial charge in [-0.15, -0.1) is 0 Å². The molecule has 3 rings (SSSR count). The van der Waals surface area contributed by atoms with Crippen molar-refractivity contribution in [2.24, 2.45) is 10.7 Å². The minimum absolute atomic E-state index is 0.245. The average molecular weight is 312 g/mol. The summed E-state index contributed by atoms with van der Waals surface area (Å²) in [6, 6.07) is 11.6. The molecule has 0 saturated heterocycles. The molecule has 1 aromatic heterocycles. The predicted octanol–water partition coefficient (Wildman–Crippen LogP) is 2.07. The van der Waals surface area contributed by atoms with Crippen LogP contribution in [0.5, 0.6) is 5.75 Å². The van der Waals surface area contributed by atoms with Crippen LogP contribution in [0.25, 0.3) is 0 Å². The molecule has 0 spiro atoms. The highest BCUT2D eigenvalue weighted by Crippen LogP contribution is 2.36. The Morgan fingerprint density at radius 2 is 2.04 bits per heavy atom. The summed E-state index contributed by atoms with van der Waals surface area (Å²) in [6.45, 7) is 0.245. The standard InChI is InChI=1S/C16H16N4O3/c17-16(8-10-23-12-5-2-1-3-6-12)14(20(21)22)11-19-13-7-4-9-18-15(13)16/h1-7,9,11,14H,8,10,17H2. The lowest BCUT2D eigenvalue weighted by molar-refractivity contribution is -0.514. The second-order valence-electron chi connectivity index (χ2n) is 5.33. The number of nitrogens with two attached hydrogens (primary N) is 1. The molecule has 0 amide bonds. The van der Waals surface area contributed by atoms with Crippen molar-refractivity contribution in [1.29, 1.82) is 0 Å². The zero-order valence-electron chi connectivity index (χ0n) is 12.3. The summed E-state index contributed by atoms with van der Waals surface area (Å²) in [6.07, 6.45) is 3.10. The summed E-state index contributed by atoms with van der Waals surface area (Å²) in [5, 5.41) is 11.4. The molecule has 118 valence electrons. The predicted molar refractivity (Wildman–Crippen MR) is 85.6 cm³/mol. The van der Waals surface area contributed by atoms with E-state index in [2.05, 4.69) is 9.98 Å². The largest absolute Gasteiger partial charge is 0.494 e. The zero-order chi connectivity index (χ0) is 16.3. The fraction of sp³-hybridized carbons (Fsp3) is 0.250. The van der Waals surface area contributed by atoms with Gasteiger partial charge in [-0.05, 0) is 24.3 Å². The third-order valence-corrected chi connectivity index (χ3v) is 3.86. The van der Waals surface area contributed by atoms with E-state index in [4.69, 9.17) is 10.5 Å². The quantitative estimate of drug-likeness (QED) is 0.672. The first-order valence-electron chi connectivity index (χ1n) is 7.21. The van der Waals surface area contributed by atoms with E-state index in [-0.39, 0.29) is 13.0 Å². The van der Waals surface area contributed by atoms with Gasteiger partial charge in [0.1, 0.15) is 11.3 Å². The monoisotopic (exact) mass is 312 g/mol. The topological polar surface area (TPSA) is 104 Å². The summed E-state index contributed by atoms with van der Waals surface area (Å²) in [5.41, 5.74) is 6.15. The number of fused-ring (bicyclic) bond motifs is 1. The van der Waals surface area contributed by atoms with Crippen LogP contribution in [0.3, 0.4) is 0 Å². The number of hydrogen-bond donors (Lipinski definition) is 1. The van der Waals surface area contributed by atoms with Crippen LogP contribution < -0.4 is 10.5 Å². The van der Waals surface area contributed by atoms with Crippen molar-refractivity contribution in [3.05, 3.63) is 64.5 Å². The Morgan fingerprint density at radius 1 is 1.26 bits per heavy atom. The zero-order valence-corrected chi connectivity index (χ0v) is 12.3. The third-order valence-electron chi connectivity index (χ3n) is 3.86. The number of nitro groups is 1. The van der Waals surface area contributed by atoms with Gasteiger partial charge in [0.05, 0.1) is 24.2 Å². The fourth-order valence-electron chi connectivity index (χ4n) is 2.65. The SMILES string of the molecule is NC1(CCOc2ccccc2)c2ncccc2N=CC1[N+](=O)[O-]. The molecule has 7 nitrogen and oxygen atoms in total. The highest BCUT2D eigenvalue weighted by Gasteiger charge is 2.48.